The molecule has 1 aliphatic rings. The lowest BCUT2D eigenvalue weighted by Gasteiger charge is -2.07. The van der Waals surface area contributed by atoms with Gasteiger partial charge in [0.1, 0.15) is 24.0 Å². The van der Waals surface area contributed by atoms with Gasteiger partial charge in [0.05, 0.1) is 23.8 Å². The van der Waals surface area contributed by atoms with Crippen LogP contribution in [0.2, 0.25) is 0 Å². The van der Waals surface area contributed by atoms with E-state index in [0.29, 0.717) is 12.2 Å². The van der Waals surface area contributed by atoms with Gasteiger partial charge in [0.15, 0.2) is 6.20 Å². The zero-order valence-electron chi connectivity index (χ0n) is 18.0. The normalized spacial score (nSPS) is 12.7. The highest BCUT2D eigenvalue weighted by atomic mass is 16.5. The summed E-state index contributed by atoms with van der Waals surface area (Å²) >= 11 is 0. The maximum atomic E-state index is 9.90. The zero-order valence-corrected chi connectivity index (χ0v) is 18.0. The second-order valence-corrected chi connectivity index (χ2v) is 8.33. The standard InChI is InChI=1S/C28H21N2O2/c1-17-6-9-21-22-10-7-20(16-29)26(19-8-11-24-18(15-19)12-14-31-24)28(22)32-27(21)25(17)23-5-3-4-13-30(23)2/h3-11,13,15H,12,14H2,1-2H3/q+1. The number of hydrogen-bond acceptors (Lipinski definition) is 3. The van der Waals surface area contributed by atoms with Crippen molar-refractivity contribution < 1.29 is 13.7 Å². The molecule has 0 saturated carbocycles. The van der Waals surface area contributed by atoms with Gasteiger partial charge in [-0.3, -0.25) is 0 Å². The lowest BCUT2D eigenvalue weighted by Crippen LogP contribution is -2.30. The largest absolute Gasteiger partial charge is 0.493 e. The molecule has 0 spiro atoms. The first-order valence-electron chi connectivity index (χ1n) is 10.8. The molecule has 0 radical (unpaired) electrons. The minimum Gasteiger partial charge on any atom is -0.493 e. The second kappa shape index (κ2) is 6.96. The van der Waals surface area contributed by atoms with Gasteiger partial charge in [-0.2, -0.15) is 5.26 Å². The molecular formula is C28H21N2O2+. The quantitative estimate of drug-likeness (QED) is 0.338. The summed E-state index contributed by atoms with van der Waals surface area (Å²) in [5.74, 6) is 0.929. The third kappa shape index (κ3) is 2.65. The van der Waals surface area contributed by atoms with E-state index < -0.39 is 0 Å². The highest BCUT2D eigenvalue weighted by molar-refractivity contribution is 6.14. The molecule has 2 aromatic heterocycles. The Kier molecular flexibility index (Phi) is 4.06. The summed E-state index contributed by atoms with van der Waals surface area (Å²) in [5.41, 5.74) is 8.53. The van der Waals surface area contributed by atoms with Gasteiger partial charge >= 0.3 is 0 Å². The van der Waals surface area contributed by atoms with Crippen molar-refractivity contribution in [3.63, 3.8) is 0 Å². The molecule has 0 fully saturated rings. The van der Waals surface area contributed by atoms with Crippen LogP contribution in [0.1, 0.15) is 16.7 Å². The molecule has 3 aromatic carbocycles. The lowest BCUT2D eigenvalue weighted by atomic mass is 9.95. The van der Waals surface area contributed by atoms with Gasteiger partial charge in [-0.1, -0.05) is 18.2 Å². The van der Waals surface area contributed by atoms with Crippen LogP contribution < -0.4 is 9.30 Å². The number of aryl methyl sites for hydroxylation is 2. The zero-order chi connectivity index (χ0) is 21.8. The summed E-state index contributed by atoms with van der Waals surface area (Å²) in [4.78, 5) is 0. The van der Waals surface area contributed by atoms with E-state index in [0.717, 1.165) is 62.1 Å². The van der Waals surface area contributed by atoms with Gasteiger partial charge in [0.2, 0.25) is 5.69 Å². The molecular weight excluding hydrogens is 396 g/mol. The molecule has 6 rings (SSSR count). The fraction of sp³-hybridized carbons (Fsp3) is 0.143. The van der Waals surface area contributed by atoms with Crippen molar-refractivity contribution in [1.29, 1.82) is 5.26 Å². The maximum absolute atomic E-state index is 9.90. The number of aromatic nitrogens is 1. The average molecular weight is 417 g/mol. The Balaban J connectivity index is 1.71. The summed E-state index contributed by atoms with van der Waals surface area (Å²) in [6, 6.07) is 22.9. The SMILES string of the molecule is Cc1ccc2c(oc3c(-c4ccc5c(c4)CCO5)c(C#N)ccc32)c1-c1cccc[n+]1C. The minimum absolute atomic E-state index is 0.610. The van der Waals surface area contributed by atoms with Crippen LogP contribution >= 0.6 is 0 Å². The number of benzene rings is 3. The van der Waals surface area contributed by atoms with Crippen molar-refractivity contribution >= 4 is 21.9 Å². The third-order valence-corrected chi connectivity index (χ3v) is 6.43. The van der Waals surface area contributed by atoms with E-state index in [-0.39, 0.29) is 0 Å². The number of ether oxygens (including phenoxy) is 1. The average Bonchev–Trinajstić information content (AvgIpc) is 3.42. The monoisotopic (exact) mass is 417 g/mol. The Morgan fingerprint density at radius 3 is 2.56 bits per heavy atom. The van der Waals surface area contributed by atoms with Gasteiger partial charge in [-0.15, -0.1) is 0 Å². The van der Waals surface area contributed by atoms with E-state index in [1.54, 1.807) is 0 Å². The van der Waals surface area contributed by atoms with Crippen LogP contribution in [0.15, 0.2) is 71.3 Å². The first-order chi connectivity index (χ1) is 15.7. The first-order valence-corrected chi connectivity index (χ1v) is 10.8. The molecule has 0 atom stereocenters. The van der Waals surface area contributed by atoms with E-state index in [2.05, 4.69) is 41.8 Å². The van der Waals surface area contributed by atoms with E-state index in [1.165, 1.54) is 5.56 Å². The van der Waals surface area contributed by atoms with Crippen LogP contribution in [0.3, 0.4) is 0 Å². The topological polar surface area (TPSA) is 50.0 Å². The molecule has 4 nitrogen and oxygen atoms in total. The molecule has 3 heterocycles. The van der Waals surface area contributed by atoms with Gasteiger partial charge in [-0.25, -0.2) is 4.57 Å². The number of fused-ring (bicyclic) bond motifs is 4. The number of hydrogen-bond donors (Lipinski definition) is 0. The van der Waals surface area contributed by atoms with E-state index >= 15 is 0 Å². The van der Waals surface area contributed by atoms with Gasteiger partial charge in [0.25, 0.3) is 0 Å². The Morgan fingerprint density at radius 2 is 1.75 bits per heavy atom. The number of nitrogens with zero attached hydrogens (tertiary/aromatic N) is 2. The molecule has 4 heteroatoms. The van der Waals surface area contributed by atoms with Crippen LogP contribution in [0.4, 0.5) is 0 Å². The fourth-order valence-electron chi connectivity index (χ4n) is 4.83. The fourth-order valence-corrected chi connectivity index (χ4v) is 4.83. The Hall–Kier alpha value is -4.10. The summed E-state index contributed by atoms with van der Waals surface area (Å²) in [6.45, 7) is 2.81. The Bertz CT molecular complexity index is 1590. The van der Waals surface area contributed by atoms with Gasteiger partial charge in [0, 0.05) is 34.9 Å². The van der Waals surface area contributed by atoms with Crippen molar-refractivity contribution in [2.75, 3.05) is 6.61 Å². The van der Waals surface area contributed by atoms with Crippen molar-refractivity contribution in [3.05, 3.63) is 83.6 Å². The van der Waals surface area contributed by atoms with E-state index in [9.17, 15) is 5.26 Å². The molecule has 0 bridgehead atoms. The summed E-state index contributed by atoms with van der Waals surface area (Å²) in [5, 5.41) is 12.0. The van der Waals surface area contributed by atoms with Crippen LogP contribution in [-0.4, -0.2) is 6.61 Å². The molecule has 0 saturated heterocycles. The first kappa shape index (κ1) is 18.7. The Labute approximate surface area is 185 Å². The summed E-state index contributed by atoms with van der Waals surface area (Å²) in [6.07, 6.45) is 2.93. The maximum Gasteiger partial charge on any atom is 0.216 e. The van der Waals surface area contributed by atoms with Gasteiger partial charge < -0.3 is 9.15 Å². The molecule has 1 aliphatic heterocycles. The number of nitriles is 1. The molecule has 32 heavy (non-hydrogen) atoms. The number of pyridine rings is 1. The molecule has 0 unspecified atom stereocenters. The van der Waals surface area contributed by atoms with E-state index in [1.807, 2.05) is 49.6 Å². The minimum atomic E-state index is 0.610. The second-order valence-electron chi connectivity index (χ2n) is 8.33. The third-order valence-electron chi connectivity index (χ3n) is 6.43. The van der Waals surface area contributed by atoms with Crippen LogP contribution in [0.25, 0.3) is 44.3 Å². The van der Waals surface area contributed by atoms with Crippen molar-refractivity contribution in [3.8, 4) is 34.2 Å². The summed E-state index contributed by atoms with van der Waals surface area (Å²) in [7, 11) is 2.04. The van der Waals surface area contributed by atoms with Crippen molar-refractivity contribution in [2.24, 2.45) is 7.05 Å². The lowest BCUT2D eigenvalue weighted by molar-refractivity contribution is -0.660. The van der Waals surface area contributed by atoms with Crippen LogP contribution in [0.5, 0.6) is 5.75 Å². The van der Waals surface area contributed by atoms with Crippen LogP contribution in [-0.2, 0) is 13.5 Å². The smallest absolute Gasteiger partial charge is 0.216 e. The predicted octanol–water partition coefficient (Wildman–Crippen LogP) is 5.86. The van der Waals surface area contributed by atoms with Crippen molar-refractivity contribution in [2.45, 2.75) is 13.3 Å². The van der Waals surface area contributed by atoms with Crippen LogP contribution in [0, 0.1) is 18.3 Å². The Morgan fingerprint density at radius 1 is 0.938 bits per heavy atom. The highest BCUT2D eigenvalue weighted by Gasteiger charge is 2.23. The van der Waals surface area contributed by atoms with Crippen molar-refractivity contribution in [1.82, 2.24) is 0 Å². The predicted molar refractivity (Wildman–Crippen MR) is 124 cm³/mol. The number of furan rings is 1. The van der Waals surface area contributed by atoms with Gasteiger partial charge in [-0.05, 0) is 53.9 Å². The van der Waals surface area contributed by atoms with E-state index in [4.69, 9.17) is 9.15 Å². The molecule has 154 valence electrons. The molecule has 5 aromatic rings. The highest BCUT2D eigenvalue weighted by Crippen LogP contribution is 2.42. The summed E-state index contributed by atoms with van der Waals surface area (Å²) < 4.78 is 14.4. The molecule has 0 amide bonds. The molecule has 0 N–H and O–H groups in total. The molecule has 0 aliphatic carbocycles. The number of rotatable bonds is 2.